The summed E-state index contributed by atoms with van der Waals surface area (Å²) in [5.41, 5.74) is 1.64. The Balaban J connectivity index is 2.05. The third-order valence-electron chi connectivity index (χ3n) is 2.79. The average molecular weight is 253 g/mol. The highest BCUT2D eigenvalue weighted by molar-refractivity contribution is 6.30. The van der Waals surface area contributed by atoms with Crippen LogP contribution in [0, 0.1) is 12.8 Å². The van der Waals surface area contributed by atoms with Crippen LogP contribution in [0.1, 0.15) is 12.0 Å². The maximum absolute atomic E-state index is 11.9. The van der Waals surface area contributed by atoms with Crippen molar-refractivity contribution in [1.29, 1.82) is 0 Å². The van der Waals surface area contributed by atoms with Gasteiger partial charge in [-0.05, 0) is 30.7 Å². The Bertz CT molecular complexity index is 474. The number of halogens is 1. The first-order valence-electron chi connectivity index (χ1n) is 5.40. The van der Waals surface area contributed by atoms with Gasteiger partial charge in [0.1, 0.15) is 0 Å². The zero-order valence-electron chi connectivity index (χ0n) is 9.42. The molecule has 0 aliphatic carbocycles. The molecule has 0 radical (unpaired) electrons. The minimum atomic E-state index is -0.280. The number of carbonyl (C=O) groups is 2. The molecule has 1 fully saturated rings. The van der Waals surface area contributed by atoms with Crippen LogP contribution >= 0.6 is 11.6 Å². The zero-order chi connectivity index (χ0) is 12.4. The molecule has 2 N–H and O–H groups in total. The van der Waals surface area contributed by atoms with Gasteiger partial charge in [-0.1, -0.05) is 11.6 Å². The normalized spacial score (nSPS) is 18.9. The van der Waals surface area contributed by atoms with Gasteiger partial charge in [0.15, 0.2) is 0 Å². The van der Waals surface area contributed by atoms with E-state index < -0.39 is 0 Å². The third-order valence-corrected chi connectivity index (χ3v) is 3.03. The van der Waals surface area contributed by atoms with Crippen molar-refractivity contribution in [3.05, 3.63) is 28.8 Å². The van der Waals surface area contributed by atoms with Gasteiger partial charge in [0.25, 0.3) is 0 Å². The SMILES string of the molecule is Cc1cc(Cl)ccc1NC(=O)C1CNC(=O)C1. The van der Waals surface area contributed by atoms with Crippen LogP contribution in [0.3, 0.4) is 0 Å². The van der Waals surface area contributed by atoms with Crippen molar-refractivity contribution in [3.8, 4) is 0 Å². The van der Waals surface area contributed by atoms with Gasteiger partial charge >= 0.3 is 0 Å². The van der Waals surface area contributed by atoms with Gasteiger partial charge in [0, 0.05) is 23.7 Å². The molecular weight excluding hydrogens is 240 g/mol. The lowest BCUT2D eigenvalue weighted by molar-refractivity contribution is -0.123. The molecule has 2 amide bonds. The molecule has 1 aliphatic rings. The second-order valence-corrected chi connectivity index (χ2v) is 4.59. The molecule has 1 aliphatic heterocycles. The predicted molar refractivity (Wildman–Crippen MR) is 65.9 cm³/mol. The number of benzene rings is 1. The van der Waals surface area contributed by atoms with Crippen molar-refractivity contribution in [1.82, 2.24) is 5.32 Å². The fourth-order valence-corrected chi connectivity index (χ4v) is 2.02. The van der Waals surface area contributed by atoms with E-state index in [1.54, 1.807) is 18.2 Å². The average Bonchev–Trinajstić information content (AvgIpc) is 2.69. The van der Waals surface area contributed by atoms with E-state index in [4.69, 9.17) is 11.6 Å². The Hall–Kier alpha value is -1.55. The predicted octanol–water partition coefficient (Wildman–Crippen LogP) is 1.72. The number of carbonyl (C=O) groups excluding carboxylic acids is 2. The molecule has 1 aromatic carbocycles. The van der Waals surface area contributed by atoms with Crippen molar-refractivity contribution in [2.75, 3.05) is 11.9 Å². The molecule has 1 heterocycles. The molecule has 90 valence electrons. The monoisotopic (exact) mass is 252 g/mol. The number of rotatable bonds is 2. The van der Waals surface area contributed by atoms with Crippen LogP contribution in [0.2, 0.25) is 5.02 Å². The lowest BCUT2D eigenvalue weighted by Gasteiger charge is -2.11. The van der Waals surface area contributed by atoms with Gasteiger partial charge in [-0.25, -0.2) is 0 Å². The quantitative estimate of drug-likeness (QED) is 0.842. The van der Waals surface area contributed by atoms with Gasteiger partial charge in [0.05, 0.1) is 5.92 Å². The summed E-state index contributed by atoms with van der Waals surface area (Å²) in [5.74, 6) is -0.482. The summed E-state index contributed by atoms with van der Waals surface area (Å²) in [7, 11) is 0. The highest BCUT2D eigenvalue weighted by Gasteiger charge is 2.27. The van der Waals surface area contributed by atoms with E-state index in [0.717, 1.165) is 11.3 Å². The van der Waals surface area contributed by atoms with Crippen LogP contribution in [0.25, 0.3) is 0 Å². The number of amides is 2. The summed E-state index contributed by atoms with van der Waals surface area (Å²) in [4.78, 5) is 22.9. The minimum absolute atomic E-state index is 0.0713. The Morgan fingerprint density at radius 2 is 2.29 bits per heavy atom. The largest absolute Gasteiger partial charge is 0.355 e. The summed E-state index contributed by atoms with van der Waals surface area (Å²) < 4.78 is 0. The topological polar surface area (TPSA) is 58.2 Å². The van der Waals surface area contributed by atoms with Crippen LogP contribution in [-0.2, 0) is 9.59 Å². The summed E-state index contributed by atoms with van der Waals surface area (Å²) in [6, 6.07) is 5.28. The molecular formula is C12H13ClN2O2. The van der Waals surface area contributed by atoms with Crippen molar-refractivity contribution >= 4 is 29.1 Å². The van der Waals surface area contributed by atoms with Crippen molar-refractivity contribution in [2.24, 2.45) is 5.92 Å². The number of hydrogen-bond acceptors (Lipinski definition) is 2. The van der Waals surface area contributed by atoms with Gasteiger partial charge in [-0.2, -0.15) is 0 Å². The van der Waals surface area contributed by atoms with Gasteiger partial charge in [-0.3, -0.25) is 9.59 Å². The summed E-state index contributed by atoms with van der Waals surface area (Å²) in [6.45, 7) is 2.29. The Morgan fingerprint density at radius 1 is 1.53 bits per heavy atom. The van der Waals surface area contributed by atoms with E-state index >= 15 is 0 Å². The van der Waals surface area contributed by atoms with E-state index in [-0.39, 0.29) is 24.2 Å². The summed E-state index contributed by atoms with van der Waals surface area (Å²) >= 11 is 5.83. The number of aryl methyl sites for hydroxylation is 1. The van der Waals surface area contributed by atoms with Crippen LogP contribution in [0.4, 0.5) is 5.69 Å². The van der Waals surface area contributed by atoms with E-state index in [0.29, 0.717) is 11.6 Å². The highest BCUT2D eigenvalue weighted by Crippen LogP contribution is 2.21. The molecule has 1 aromatic rings. The molecule has 0 spiro atoms. The van der Waals surface area contributed by atoms with E-state index in [9.17, 15) is 9.59 Å². The first-order chi connectivity index (χ1) is 8.06. The first kappa shape index (κ1) is 11.9. The number of nitrogens with one attached hydrogen (secondary N) is 2. The third kappa shape index (κ3) is 2.77. The standard InChI is InChI=1S/C12H13ClN2O2/c1-7-4-9(13)2-3-10(7)15-12(17)8-5-11(16)14-6-8/h2-4,8H,5-6H2,1H3,(H,14,16)(H,15,17). The fourth-order valence-electron chi connectivity index (χ4n) is 1.79. The Labute approximate surface area is 104 Å². The van der Waals surface area contributed by atoms with Gasteiger partial charge < -0.3 is 10.6 Å². The molecule has 17 heavy (non-hydrogen) atoms. The maximum Gasteiger partial charge on any atom is 0.229 e. The van der Waals surface area contributed by atoms with Crippen molar-refractivity contribution < 1.29 is 9.59 Å². The second-order valence-electron chi connectivity index (χ2n) is 4.15. The Morgan fingerprint density at radius 3 is 2.88 bits per heavy atom. The van der Waals surface area contributed by atoms with E-state index in [2.05, 4.69) is 10.6 Å². The minimum Gasteiger partial charge on any atom is -0.355 e. The van der Waals surface area contributed by atoms with Gasteiger partial charge in [-0.15, -0.1) is 0 Å². The number of anilines is 1. The van der Waals surface area contributed by atoms with Crippen LogP contribution in [0.5, 0.6) is 0 Å². The Kier molecular flexibility index (Phi) is 3.33. The summed E-state index contributed by atoms with van der Waals surface area (Å²) in [5, 5.41) is 6.09. The van der Waals surface area contributed by atoms with E-state index in [1.165, 1.54) is 0 Å². The second kappa shape index (κ2) is 4.75. The summed E-state index contributed by atoms with van der Waals surface area (Å²) in [6.07, 6.45) is 0.262. The molecule has 0 saturated carbocycles. The van der Waals surface area contributed by atoms with Crippen molar-refractivity contribution in [2.45, 2.75) is 13.3 Å². The maximum atomic E-state index is 11.9. The fraction of sp³-hybridized carbons (Fsp3) is 0.333. The smallest absolute Gasteiger partial charge is 0.229 e. The molecule has 1 unspecified atom stereocenters. The lowest BCUT2D eigenvalue weighted by Crippen LogP contribution is -2.25. The number of hydrogen-bond donors (Lipinski definition) is 2. The molecule has 1 saturated heterocycles. The van der Waals surface area contributed by atoms with Gasteiger partial charge in [0.2, 0.25) is 11.8 Å². The van der Waals surface area contributed by atoms with Crippen molar-refractivity contribution in [3.63, 3.8) is 0 Å². The molecule has 4 nitrogen and oxygen atoms in total. The zero-order valence-corrected chi connectivity index (χ0v) is 10.2. The molecule has 0 aromatic heterocycles. The first-order valence-corrected chi connectivity index (χ1v) is 5.78. The van der Waals surface area contributed by atoms with Crippen LogP contribution in [-0.4, -0.2) is 18.4 Å². The molecule has 5 heteroatoms. The lowest BCUT2D eigenvalue weighted by atomic mass is 10.1. The molecule has 2 rings (SSSR count). The van der Waals surface area contributed by atoms with Crippen LogP contribution < -0.4 is 10.6 Å². The molecule has 0 bridgehead atoms. The molecule has 1 atom stereocenters. The highest BCUT2D eigenvalue weighted by atomic mass is 35.5. The van der Waals surface area contributed by atoms with E-state index in [1.807, 2.05) is 6.92 Å². The van der Waals surface area contributed by atoms with Crippen LogP contribution in [0.15, 0.2) is 18.2 Å².